The molecule has 1 saturated carbocycles. The summed E-state index contributed by atoms with van der Waals surface area (Å²) >= 11 is 1.59. The van der Waals surface area contributed by atoms with Crippen molar-refractivity contribution < 1.29 is 24.6 Å². The van der Waals surface area contributed by atoms with Crippen molar-refractivity contribution in [3.8, 4) is 27.4 Å². The standard InChI is InChI=1S/C53H66N12O5S/c1-32-46(71-31-57-32)35-11-9-33(10-12-35)27-56-50(69)44-25-39(66)30-65(44)51(70)47(53(2,3)4)59-49(68)36-13-15-37(16-14-36)62-21-18-34(19-22-62)41-17-20-54-52(58-41)63-23-24-64-38(29-63)28-55-48-43(64)26-42(60-61-48)40-7-5-6-8-45(40)67/h5-12,17,20,26,31,34,36-39,44,47,66-67H,13-16,18-19,21-25,27-30H2,1-4H3,(H,55,61)(H,56,69)(H,59,68)/t36-,37-,38-,39-,44+,47-/m1/s1. The molecule has 3 aromatic heterocycles. The van der Waals surface area contributed by atoms with Gasteiger partial charge in [0.1, 0.15) is 17.8 Å². The lowest BCUT2D eigenvalue weighted by Crippen LogP contribution is -2.58. The Morgan fingerprint density at radius 2 is 1.66 bits per heavy atom. The van der Waals surface area contributed by atoms with Gasteiger partial charge in [0.05, 0.1) is 39.6 Å². The molecule has 71 heavy (non-hydrogen) atoms. The third kappa shape index (κ3) is 10.4. The minimum atomic E-state index is -0.857. The molecule has 10 rings (SSSR count). The number of nitrogens with one attached hydrogen (secondary N) is 3. The zero-order valence-electron chi connectivity index (χ0n) is 41.1. The number of β-amino-alcohol motifs (C(OH)–C–C–N with tert-alkyl or cyclic N) is 1. The van der Waals surface area contributed by atoms with Crippen LogP contribution < -0.4 is 25.8 Å². The molecule has 4 aliphatic heterocycles. The van der Waals surface area contributed by atoms with E-state index in [-0.39, 0.29) is 54.9 Å². The summed E-state index contributed by atoms with van der Waals surface area (Å²) < 4.78 is 0. The van der Waals surface area contributed by atoms with Crippen molar-refractivity contribution in [2.24, 2.45) is 11.3 Å². The van der Waals surface area contributed by atoms with Crippen molar-refractivity contribution in [1.29, 1.82) is 0 Å². The molecule has 1 aliphatic carbocycles. The molecule has 2 aromatic carbocycles. The SMILES string of the molecule is Cc1ncsc1-c1ccc(CNC(=O)[C@@H]2C[C@@H](O)CN2C(=O)[C@@H](NC(=O)[C@H]2CC[C@H](N3CCC(c4ccnc(N5CCN6c7cc(-c8ccccc8O)nnc7NC[C@@H]6C5)n4)CC3)CC2)C(C)(C)C)cc1. The van der Waals surface area contributed by atoms with Crippen molar-refractivity contribution >= 4 is 46.5 Å². The Bertz CT molecular complexity index is 2710. The number of hydrogen-bond donors (Lipinski definition) is 5. The van der Waals surface area contributed by atoms with Gasteiger partial charge in [0, 0.05) is 81.0 Å². The third-order valence-electron chi connectivity index (χ3n) is 15.4. The van der Waals surface area contributed by atoms with Gasteiger partial charge in [0.2, 0.25) is 23.7 Å². The molecule has 18 heteroatoms. The second kappa shape index (κ2) is 20.5. The van der Waals surface area contributed by atoms with Crippen LogP contribution in [0.15, 0.2) is 72.4 Å². The Morgan fingerprint density at radius 1 is 0.887 bits per heavy atom. The molecular weight excluding hydrogens is 917 g/mol. The Kier molecular flexibility index (Phi) is 14.0. The van der Waals surface area contributed by atoms with Gasteiger partial charge in [0.25, 0.3) is 0 Å². The van der Waals surface area contributed by atoms with Crippen LogP contribution in [-0.2, 0) is 20.9 Å². The summed E-state index contributed by atoms with van der Waals surface area (Å²) in [6.07, 6.45) is 6.55. The molecule has 4 atom stereocenters. The molecule has 5 N–H and O–H groups in total. The maximum Gasteiger partial charge on any atom is 0.246 e. The smallest absolute Gasteiger partial charge is 0.246 e. The van der Waals surface area contributed by atoms with Gasteiger partial charge in [0.15, 0.2) is 5.82 Å². The number of amides is 3. The lowest BCUT2D eigenvalue weighted by molar-refractivity contribution is -0.144. The number of benzene rings is 2. The number of aromatic hydroxyl groups is 1. The summed E-state index contributed by atoms with van der Waals surface area (Å²) in [4.78, 5) is 66.1. The lowest BCUT2D eigenvalue weighted by Gasteiger charge is -2.45. The van der Waals surface area contributed by atoms with Crippen LogP contribution in [0.4, 0.5) is 17.5 Å². The third-order valence-corrected chi connectivity index (χ3v) is 16.4. The fourth-order valence-electron chi connectivity index (χ4n) is 11.3. The largest absolute Gasteiger partial charge is 0.507 e. The molecule has 4 fully saturated rings. The first-order valence-corrected chi connectivity index (χ1v) is 26.2. The van der Waals surface area contributed by atoms with Crippen LogP contribution in [0.2, 0.25) is 0 Å². The van der Waals surface area contributed by atoms with Crippen LogP contribution in [0, 0.1) is 18.3 Å². The maximum atomic E-state index is 14.3. The van der Waals surface area contributed by atoms with Crippen LogP contribution in [0.1, 0.15) is 88.6 Å². The van der Waals surface area contributed by atoms with Gasteiger partial charge < -0.3 is 45.8 Å². The van der Waals surface area contributed by atoms with Crippen LogP contribution in [-0.4, -0.2) is 139 Å². The van der Waals surface area contributed by atoms with Gasteiger partial charge in [-0.3, -0.25) is 14.4 Å². The van der Waals surface area contributed by atoms with Crippen LogP contribution >= 0.6 is 11.3 Å². The summed E-state index contributed by atoms with van der Waals surface area (Å²) in [5.74, 6) is 1.06. The zero-order chi connectivity index (χ0) is 49.4. The van der Waals surface area contributed by atoms with Gasteiger partial charge in [-0.05, 0) is 99.3 Å². The fourth-order valence-corrected chi connectivity index (χ4v) is 12.1. The van der Waals surface area contributed by atoms with Crippen LogP contribution in [0.3, 0.4) is 0 Å². The number of thiazole rings is 1. The fraction of sp³-hybridized carbons (Fsp3) is 0.509. The van der Waals surface area contributed by atoms with E-state index in [1.54, 1.807) is 23.5 Å². The number of para-hydroxylation sites is 1. The van der Waals surface area contributed by atoms with Crippen molar-refractivity contribution in [2.45, 2.75) is 115 Å². The lowest BCUT2D eigenvalue weighted by atomic mass is 9.81. The molecule has 17 nitrogen and oxygen atoms in total. The van der Waals surface area contributed by atoms with Crippen molar-refractivity contribution in [3.63, 3.8) is 0 Å². The van der Waals surface area contributed by atoms with Gasteiger partial charge in [-0.1, -0.05) is 57.2 Å². The number of aliphatic hydroxyl groups excluding tert-OH is 1. The molecule has 3 amide bonds. The summed E-state index contributed by atoms with van der Waals surface area (Å²) in [6.45, 7) is 13.1. The van der Waals surface area contributed by atoms with E-state index in [4.69, 9.17) is 9.97 Å². The van der Waals surface area contributed by atoms with Crippen LogP contribution in [0.25, 0.3) is 21.7 Å². The molecule has 0 bridgehead atoms. The first-order valence-electron chi connectivity index (χ1n) is 25.3. The summed E-state index contributed by atoms with van der Waals surface area (Å²) in [5, 5.41) is 39.7. The minimum absolute atomic E-state index is 0.0373. The van der Waals surface area contributed by atoms with Gasteiger partial charge in [-0.15, -0.1) is 21.5 Å². The number of phenolic OH excluding ortho intramolecular Hbond substituents is 1. The number of aromatic nitrogens is 5. The number of phenols is 1. The van der Waals surface area contributed by atoms with E-state index in [0.717, 1.165) is 123 Å². The van der Waals surface area contributed by atoms with Crippen LogP contribution in [0.5, 0.6) is 5.75 Å². The summed E-state index contributed by atoms with van der Waals surface area (Å²) in [7, 11) is 0. The number of aliphatic hydroxyl groups is 1. The second-order valence-corrected chi connectivity index (χ2v) is 22.0. The molecular formula is C53H66N12O5S. The number of fused-ring (bicyclic) bond motifs is 3. The van der Waals surface area contributed by atoms with Gasteiger partial charge in [-0.25, -0.2) is 15.0 Å². The normalized spacial score (nSPS) is 23.3. The number of carbonyl (C=O) groups excluding carboxylic acids is 3. The number of hydrogen-bond acceptors (Lipinski definition) is 15. The molecule has 374 valence electrons. The van der Waals surface area contributed by atoms with E-state index in [1.807, 2.05) is 81.9 Å². The van der Waals surface area contributed by atoms with Crippen molar-refractivity contribution in [1.82, 2.24) is 45.6 Å². The maximum absolute atomic E-state index is 14.3. The molecule has 0 unspecified atom stereocenters. The number of piperidine rings is 1. The summed E-state index contributed by atoms with van der Waals surface area (Å²) in [5.41, 5.74) is 7.55. The molecule has 7 heterocycles. The number of anilines is 3. The van der Waals surface area contributed by atoms with Gasteiger partial charge in [-0.2, -0.15) is 0 Å². The number of likely N-dealkylation sites (tertiary alicyclic amines) is 2. The van der Waals surface area contributed by atoms with Crippen molar-refractivity contribution in [3.05, 3.63) is 89.3 Å². The van der Waals surface area contributed by atoms with Crippen molar-refractivity contribution in [2.75, 3.05) is 60.9 Å². The van der Waals surface area contributed by atoms with E-state index in [9.17, 15) is 24.6 Å². The van der Waals surface area contributed by atoms with E-state index < -0.39 is 23.6 Å². The highest BCUT2D eigenvalue weighted by Gasteiger charge is 2.45. The zero-order valence-corrected chi connectivity index (χ0v) is 41.9. The molecule has 5 aromatic rings. The highest BCUT2D eigenvalue weighted by atomic mass is 32.1. The van der Waals surface area contributed by atoms with E-state index in [1.165, 1.54) is 4.90 Å². The monoisotopic (exact) mass is 982 g/mol. The number of carbonyl (C=O) groups is 3. The molecule has 5 aliphatic rings. The number of piperazine rings is 1. The molecule has 0 spiro atoms. The first kappa shape index (κ1) is 48.4. The Labute approximate surface area is 419 Å². The second-order valence-electron chi connectivity index (χ2n) is 21.1. The Morgan fingerprint density at radius 3 is 2.39 bits per heavy atom. The van der Waals surface area contributed by atoms with Gasteiger partial charge >= 0.3 is 0 Å². The van der Waals surface area contributed by atoms with E-state index in [2.05, 4.69) is 51.9 Å². The first-order chi connectivity index (χ1) is 34.3. The predicted molar refractivity (Wildman–Crippen MR) is 274 cm³/mol. The predicted octanol–water partition coefficient (Wildman–Crippen LogP) is 5.74. The Balaban J connectivity index is 0.692. The topological polar surface area (TPSA) is 205 Å². The summed E-state index contributed by atoms with van der Waals surface area (Å²) in [6, 6.07) is 18.2. The minimum Gasteiger partial charge on any atom is -0.507 e. The highest BCUT2D eigenvalue weighted by Crippen LogP contribution is 2.38. The quantitative estimate of drug-likeness (QED) is 0.107. The highest BCUT2D eigenvalue weighted by molar-refractivity contribution is 7.13. The number of aryl methyl sites for hydroxylation is 1. The molecule has 3 saturated heterocycles. The average Bonchev–Trinajstić information content (AvgIpc) is 4.01. The average molecular weight is 983 g/mol. The number of nitrogens with zero attached hydrogens (tertiary/aromatic N) is 9. The Hall–Kier alpha value is -6.24. The van der Waals surface area contributed by atoms with E-state index in [0.29, 0.717) is 23.2 Å². The van der Waals surface area contributed by atoms with E-state index >= 15 is 0 Å². The molecule has 0 radical (unpaired) electrons. The number of rotatable bonds is 11.